The number of hydrogen-bond donors (Lipinski definition) is 2. The molecule has 1 aliphatic carbocycles. The number of aryl methyl sites for hydroxylation is 1. The Labute approximate surface area is 364 Å². The molecule has 0 unspecified atom stereocenters. The number of amides is 2. The summed E-state index contributed by atoms with van der Waals surface area (Å²) in [5.41, 5.74) is 10.7. The van der Waals surface area contributed by atoms with Crippen molar-refractivity contribution >= 4 is 33.4 Å². The Morgan fingerprint density at radius 3 is 2.43 bits per heavy atom. The van der Waals surface area contributed by atoms with Crippen molar-refractivity contribution in [3.05, 3.63) is 99.9 Å². The molecular formula is C47H59N3O9S2. The van der Waals surface area contributed by atoms with Gasteiger partial charge in [0.1, 0.15) is 24.2 Å². The summed E-state index contributed by atoms with van der Waals surface area (Å²) in [6.45, 7) is 11.8. The van der Waals surface area contributed by atoms with E-state index in [0.29, 0.717) is 43.1 Å². The summed E-state index contributed by atoms with van der Waals surface area (Å²) < 4.78 is 58.6. The van der Waals surface area contributed by atoms with Gasteiger partial charge in [-0.15, -0.1) is 11.3 Å². The quantitative estimate of drug-likeness (QED) is 0.107. The molecule has 0 spiro atoms. The van der Waals surface area contributed by atoms with Gasteiger partial charge in [-0.3, -0.25) is 4.79 Å². The van der Waals surface area contributed by atoms with Crippen LogP contribution >= 0.6 is 11.3 Å². The van der Waals surface area contributed by atoms with Crippen LogP contribution < -0.4 is 20.5 Å². The lowest BCUT2D eigenvalue weighted by Gasteiger charge is -2.29. The Bertz CT molecular complexity index is 2290. The predicted octanol–water partition coefficient (Wildman–Crippen LogP) is 8.14. The smallest absolute Gasteiger partial charge is 0.407 e. The first-order valence-corrected chi connectivity index (χ1v) is 23.4. The van der Waals surface area contributed by atoms with Gasteiger partial charge in [0.15, 0.2) is 5.79 Å². The van der Waals surface area contributed by atoms with Gasteiger partial charge in [-0.2, -0.15) is 4.31 Å². The normalized spacial score (nSPS) is 21.2. The van der Waals surface area contributed by atoms with Crippen LogP contribution in [0, 0.1) is 17.3 Å². The zero-order valence-electron chi connectivity index (χ0n) is 36.0. The molecule has 14 heteroatoms. The van der Waals surface area contributed by atoms with Crippen LogP contribution in [0.3, 0.4) is 0 Å². The molecule has 3 aromatic carbocycles. The minimum atomic E-state index is -3.86. The van der Waals surface area contributed by atoms with Gasteiger partial charge >= 0.3 is 6.09 Å². The minimum absolute atomic E-state index is 0.0578. The van der Waals surface area contributed by atoms with Gasteiger partial charge in [-0.05, 0) is 115 Å². The summed E-state index contributed by atoms with van der Waals surface area (Å²) in [4.78, 5) is 28.7. The molecule has 3 N–H and O–H groups in total. The first-order chi connectivity index (χ1) is 29.0. The number of nitrogens with two attached hydrogens (primary N) is 1. The van der Waals surface area contributed by atoms with Crippen LogP contribution in [0.2, 0.25) is 0 Å². The summed E-state index contributed by atoms with van der Waals surface area (Å²) in [5, 5.41) is 3.06. The summed E-state index contributed by atoms with van der Waals surface area (Å²) in [5.74, 6) is 0.0409. The fraction of sp³-hybridized carbons (Fsp3) is 0.489. The third-order valence-electron chi connectivity index (χ3n) is 12.1. The first kappa shape index (κ1) is 44.6. The molecule has 61 heavy (non-hydrogen) atoms. The second-order valence-corrected chi connectivity index (χ2v) is 20.8. The highest BCUT2D eigenvalue weighted by Crippen LogP contribution is 2.46. The summed E-state index contributed by atoms with van der Waals surface area (Å²) in [6.07, 6.45) is 3.25. The average molecular weight is 874 g/mol. The predicted molar refractivity (Wildman–Crippen MR) is 235 cm³/mol. The van der Waals surface area contributed by atoms with E-state index in [1.165, 1.54) is 16.3 Å². The Kier molecular flexibility index (Phi) is 13.5. The zero-order chi connectivity index (χ0) is 43.5. The van der Waals surface area contributed by atoms with Gasteiger partial charge in [0.2, 0.25) is 15.9 Å². The molecule has 3 heterocycles. The van der Waals surface area contributed by atoms with Crippen molar-refractivity contribution in [1.82, 2.24) is 9.62 Å². The van der Waals surface area contributed by atoms with E-state index in [0.717, 1.165) is 52.8 Å². The van der Waals surface area contributed by atoms with Crippen LogP contribution in [-0.4, -0.2) is 76.1 Å². The molecule has 2 amide bonds. The average Bonchev–Trinajstić information content (AvgIpc) is 3.89. The molecule has 1 aromatic heterocycles. The molecule has 328 valence electrons. The lowest BCUT2D eigenvalue weighted by atomic mass is 9.75. The molecule has 7 rings (SSSR count). The van der Waals surface area contributed by atoms with Gasteiger partial charge in [0, 0.05) is 28.9 Å². The molecule has 0 saturated carbocycles. The highest BCUT2D eigenvalue weighted by molar-refractivity contribution is 7.89. The summed E-state index contributed by atoms with van der Waals surface area (Å²) in [6, 6.07) is 21.6. The SMILES string of the molecule is COc1ccc(S(=O)(=O)N(CC[C@H](Cc2ccc(OCc3ccccc3-c3sc4c(c3C(N)=O)CC(C)(C)CC4)cc2)NC(=O)O[C@H]2CO[C@@]3(C)OCC[C@@H]23)CC(C)C)cc1. The Morgan fingerprint density at radius 1 is 1.00 bits per heavy atom. The topological polar surface area (TPSA) is 156 Å². The van der Waals surface area contributed by atoms with Gasteiger partial charge in [-0.25, -0.2) is 13.2 Å². The van der Waals surface area contributed by atoms with Crippen molar-refractivity contribution in [2.75, 3.05) is 33.4 Å². The standard InChI is InChI=1S/C47H59N3O9S2/c1-30(2)27-50(61(53,54)36-17-15-34(55-6)16-18-36)23-20-33(49-45(52)59-40-29-58-47(5)39(40)21-24-57-47)25-31-11-13-35(14-12-31)56-28-32-9-7-8-10-37(32)43-42(44(48)51)38-26-46(3,4)22-19-41(38)60-43/h7-18,30,33,39-40H,19-29H2,1-6H3,(H2,48,51)(H,49,52)/t33-,39+,40+,47-/m1/s1. The van der Waals surface area contributed by atoms with Crippen molar-refractivity contribution in [1.29, 1.82) is 0 Å². The number of primary amides is 1. The van der Waals surface area contributed by atoms with Gasteiger partial charge in [0.05, 0.1) is 36.7 Å². The monoisotopic (exact) mass is 873 g/mol. The second-order valence-electron chi connectivity index (χ2n) is 17.8. The number of alkyl carbamates (subject to hydrolysis) is 1. The summed E-state index contributed by atoms with van der Waals surface area (Å²) >= 11 is 1.67. The molecule has 3 aliphatic rings. The number of sulfonamides is 1. The van der Waals surface area contributed by atoms with Crippen molar-refractivity contribution in [3.63, 3.8) is 0 Å². The molecule has 2 saturated heterocycles. The van der Waals surface area contributed by atoms with E-state index >= 15 is 0 Å². The molecular weight excluding hydrogens is 815 g/mol. The fourth-order valence-corrected chi connectivity index (χ4v) is 11.8. The number of rotatable bonds is 17. The van der Waals surface area contributed by atoms with Crippen LogP contribution in [0.15, 0.2) is 77.7 Å². The maximum absolute atomic E-state index is 14.0. The van der Waals surface area contributed by atoms with Crippen LogP contribution in [0.5, 0.6) is 11.5 Å². The maximum atomic E-state index is 14.0. The molecule has 0 bridgehead atoms. The van der Waals surface area contributed by atoms with E-state index in [4.69, 9.17) is 29.4 Å². The lowest BCUT2D eigenvalue weighted by molar-refractivity contribution is -0.181. The van der Waals surface area contributed by atoms with Gasteiger partial charge < -0.3 is 34.7 Å². The minimum Gasteiger partial charge on any atom is -0.497 e. The largest absolute Gasteiger partial charge is 0.497 e. The summed E-state index contributed by atoms with van der Waals surface area (Å²) in [7, 11) is -2.32. The maximum Gasteiger partial charge on any atom is 0.407 e. The number of nitrogens with zero attached hydrogens (tertiary/aromatic N) is 1. The van der Waals surface area contributed by atoms with Crippen molar-refractivity contribution in [3.8, 4) is 21.9 Å². The van der Waals surface area contributed by atoms with Crippen molar-refractivity contribution in [2.24, 2.45) is 23.0 Å². The number of carbonyl (C=O) groups is 2. The zero-order valence-corrected chi connectivity index (χ0v) is 37.7. The number of thiophene rings is 1. The second kappa shape index (κ2) is 18.5. The van der Waals surface area contributed by atoms with Crippen molar-refractivity contribution < 1.29 is 41.7 Å². The molecule has 4 atom stereocenters. The fourth-order valence-electron chi connectivity index (χ4n) is 8.79. The number of ether oxygens (including phenoxy) is 5. The Hall–Kier alpha value is -4.47. The molecule has 4 aromatic rings. The highest BCUT2D eigenvalue weighted by Gasteiger charge is 2.53. The van der Waals surface area contributed by atoms with Gasteiger partial charge in [-0.1, -0.05) is 64.1 Å². The first-order valence-electron chi connectivity index (χ1n) is 21.2. The van der Waals surface area contributed by atoms with Crippen LogP contribution in [0.4, 0.5) is 4.79 Å². The number of carbonyl (C=O) groups excluding carboxylic acids is 2. The highest BCUT2D eigenvalue weighted by atomic mass is 32.2. The third-order valence-corrected chi connectivity index (χ3v) is 15.3. The molecule has 0 radical (unpaired) electrons. The van der Waals surface area contributed by atoms with Crippen LogP contribution in [0.1, 0.15) is 85.8 Å². The lowest BCUT2D eigenvalue weighted by Crippen LogP contribution is -2.43. The van der Waals surface area contributed by atoms with E-state index in [9.17, 15) is 18.0 Å². The Balaban J connectivity index is 1.06. The molecule has 12 nitrogen and oxygen atoms in total. The number of methoxy groups -OCH3 is 1. The number of nitrogens with one attached hydrogen (secondary N) is 1. The van der Waals surface area contributed by atoms with Crippen molar-refractivity contribution in [2.45, 2.75) is 103 Å². The third kappa shape index (κ3) is 10.3. The van der Waals surface area contributed by atoms with E-state index < -0.39 is 40.0 Å². The van der Waals surface area contributed by atoms with Crippen LogP contribution in [0.25, 0.3) is 10.4 Å². The van der Waals surface area contributed by atoms with Crippen LogP contribution in [-0.2, 0) is 50.1 Å². The van der Waals surface area contributed by atoms with E-state index in [-0.39, 0.29) is 41.9 Å². The Morgan fingerprint density at radius 2 is 1.72 bits per heavy atom. The number of benzene rings is 3. The number of hydrogen-bond acceptors (Lipinski definition) is 10. The van der Waals surface area contributed by atoms with E-state index in [1.54, 1.807) is 35.6 Å². The van der Waals surface area contributed by atoms with E-state index in [2.05, 4.69) is 19.2 Å². The van der Waals surface area contributed by atoms with E-state index in [1.807, 2.05) is 69.3 Å². The number of fused-ring (bicyclic) bond motifs is 2. The molecule has 2 aliphatic heterocycles. The molecule has 2 fully saturated rings. The van der Waals surface area contributed by atoms with Gasteiger partial charge in [0.25, 0.3) is 0 Å².